The standard InChI is InChI=1S/C15H13Cl3N2O3/c1-3-23-15(21)10-12(11(16)14(18)20-13(10)17)19-8-4-6-9(22-2)7-5-8/h4-7H,3H2,1-2H3,(H,19,20). The number of carbonyl (C=O) groups is 1. The zero-order valence-corrected chi connectivity index (χ0v) is 14.6. The van der Waals surface area contributed by atoms with Crippen molar-refractivity contribution in [2.75, 3.05) is 19.0 Å². The van der Waals surface area contributed by atoms with Gasteiger partial charge in [0.1, 0.15) is 21.5 Å². The van der Waals surface area contributed by atoms with Gasteiger partial charge in [0.15, 0.2) is 5.15 Å². The number of ether oxygens (including phenoxy) is 2. The van der Waals surface area contributed by atoms with Crippen LogP contribution in [0.15, 0.2) is 24.3 Å². The van der Waals surface area contributed by atoms with E-state index in [1.807, 2.05) is 0 Å². The second-order valence-electron chi connectivity index (χ2n) is 4.33. The van der Waals surface area contributed by atoms with Crippen LogP contribution in [0.4, 0.5) is 11.4 Å². The van der Waals surface area contributed by atoms with Gasteiger partial charge in [-0.15, -0.1) is 0 Å². The number of aromatic nitrogens is 1. The molecule has 0 bridgehead atoms. The summed E-state index contributed by atoms with van der Waals surface area (Å²) in [4.78, 5) is 16.0. The van der Waals surface area contributed by atoms with Gasteiger partial charge in [-0.05, 0) is 31.2 Å². The van der Waals surface area contributed by atoms with E-state index in [1.54, 1.807) is 38.3 Å². The maximum Gasteiger partial charge on any atom is 0.343 e. The van der Waals surface area contributed by atoms with Crippen molar-refractivity contribution in [2.24, 2.45) is 0 Å². The van der Waals surface area contributed by atoms with Crippen molar-refractivity contribution >= 4 is 52.1 Å². The summed E-state index contributed by atoms with van der Waals surface area (Å²) >= 11 is 18.2. The molecule has 0 unspecified atom stereocenters. The third-order valence-electron chi connectivity index (χ3n) is 2.89. The Hall–Kier alpha value is -1.69. The molecule has 0 aliphatic rings. The number of hydrogen-bond donors (Lipinski definition) is 1. The fourth-order valence-corrected chi connectivity index (χ4v) is 2.50. The van der Waals surface area contributed by atoms with E-state index in [0.29, 0.717) is 11.4 Å². The van der Waals surface area contributed by atoms with Crippen LogP contribution in [0, 0.1) is 0 Å². The molecule has 0 spiro atoms. The number of nitrogens with zero attached hydrogens (tertiary/aromatic N) is 1. The highest BCUT2D eigenvalue weighted by Crippen LogP contribution is 2.38. The van der Waals surface area contributed by atoms with Crippen molar-refractivity contribution < 1.29 is 14.3 Å². The predicted octanol–water partition coefficient (Wildman–Crippen LogP) is 4.97. The summed E-state index contributed by atoms with van der Waals surface area (Å²) < 4.78 is 10.1. The van der Waals surface area contributed by atoms with Crippen LogP contribution in [-0.4, -0.2) is 24.7 Å². The van der Waals surface area contributed by atoms with Crippen LogP contribution in [0.1, 0.15) is 17.3 Å². The third-order valence-corrected chi connectivity index (χ3v) is 3.90. The largest absolute Gasteiger partial charge is 0.497 e. The van der Waals surface area contributed by atoms with Gasteiger partial charge in [-0.25, -0.2) is 9.78 Å². The number of carbonyl (C=O) groups excluding carboxylic acids is 1. The van der Waals surface area contributed by atoms with Gasteiger partial charge >= 0.3 is 5.97 Å². The van der Waals surface area contributed by atoms with E-state index < -0.39 is 5.97 Å². The molecular formula is C15H13Cl3N2O3. The van der Waals surface area contributed by atoms with E-state index in [4.69, 9.17) is 44.3 Å². The van der Waals surface area contributed by atoms with Crippen LogP contribution < -0.4 is 10.1 Å². The summed E-state index contributed by atoms with van der Waals surface area (Å²) in [5.74, 6) is 0.0534. The third kappa shape index (κ3) is 3.99. The van der Waals surface area contributed by atoms with Crippen LogP contribution in [0.5, 0.6) is 5.75 Å². The molecule has 1 heterocycles. The van der Waals surface area contributed by atoms with E-state index in [0.717, 1.165) is 0 Å². The van der Waals surface area contributed by atoms with Gasteiger partial charge in [0.25, 0.3) is 0 Å². The van der Waals surface area contributed by atoms with E-state index in [1.165, 1.54) is 0 Å². The number of anilines is 2. The minimum Gasteiger partial charge on any atom is -0.497 e. The van der Waals surface area contributed by atoms with Crippen molar-refractivity contribution in [1.29, 1.82) is 0 Å². The molecule has 0 fully saturated rings. The average Bonchev–Trinajstić information content (AvgIpc) is 2.53. The zero-order valence-electron chi connectivity index (χ0n) is 12.3. The lowest BCUT2D eigenvalue weighted by Crippen LogP contribution is -2.10. The molecule has 0 saturated carbocycles. The first-order valence-electron chi connectivity index (χ1n) is 6.60. The smallest absolute Gasteiger partial charge is 0.343 e. The molecule has 1 aromatic heterocycles. The molecule has 1 N–H and O–H groups in total. The minimum atomic E-state index is -0.639. The van der Waals surface area contributed by atoms with Crippen molar-refractivity contribution in [3.63, 3.8) is 0 Å². The number of esters is 1. The molecule has 1 aromatic carbocycles. The van der Waals surface area contributed by atoms with Gasteiger partial charge in [0, 0.05) is 5.69 Å². The van der Waals surface area contributed by atoms with Crippen LogP contribution in [-0.2, 0) is 4.74 Å². The Morgan fingerprint density at radius 2 is 1.83 bits per heavy atom. The van der Waals surface area contributed by atoms with Gasteiger partial charge in [-0.1, -0.05) is 34.8 Å². The zero-order chi connectivity index (χ0) is 17.0. The minimum absolute atomic E-state index is 0.0132. The lowest BCUT2D eigenvalue weighted by molar-refractivity contribution is 0.0527. The maximum atomic E-state index is 12.1. The van der Waals surface area contributed by atoms with Gasteiger partial charge in [0.05, 0.1) is 19.4 Å². The fraction of sp³-hybridized carbons (Fsp3) is 0.200. The summed E-state index contributed by atoms with van der Waals surface area (Å²) in [6.45, 7) is 1.88. The number of hydrogen-bond acceptors (Lipinski definition) is 5. The van der Waals surface area contributed by atoms with E-state index >= 15 is 0 Å². The van der Waals surface area contributed by atoms with Crippen molar-refractivity contribution in [1.82, 2.24) is 4.98 Å². The number of rotatable bonds is 5. The van der Waals surface area contributed by atoms with Crippen LogP contribution >= 0.6 is 34.8 Å². The topological polar surface area (TPSA) is 60.5 Å². The first-order valence-corrected chi connectivity index (χ1v) is 7.74. The number of benzene rings is 1. The SMILES string of the molecule is CCOC(=O)c1c(Cl)nc(Cl)c(Cl)c1Nc1ccc(OC)cc1. The fourth-order valence-electron chi connectivity index (χ4n) is 1.83. The summed E-state index contributed by atoms with van der Waals surface area (Å²) in [6.07, 6.45) is 0. The summed E-state index contributed by atoms with van der Waals surface area (Å²) in [5, 5.41) is 2.99. The van der Waals surface area contributed by atoms with Crippen LogP contribution in [0.3, 0.4) is 0 Å². The predicted molar refractivity (Wildman–Crippen MR) is 91.5 cm³/mol. The second-order valence-corrected chi connectivity index (χ2v) is 5.43. The van der Waals surface area contributed by atoms with E-state index in [-0.39, 0.29) is 33.2 Å². The number of nitrogens with one attached hydrogen (secondary N) is 1. The number of pyridine rings is 1. The molecular weight excluding hydrogens is 363 g/mol. The highest BCUT2D eigenvalue weighted by Gasteiger charge is 2.23. The molecule has 0 atom stereocenters. The van der Waals surface area contributed by atoms with Gasteiger partial charge in [-0.3, -0.25) is 0 Å². The Kier molecular flexibility index (Phi) is 5.93. The average molecular weight is 376 g/mol. The summed E-state index contributed by atoms with van der Waals surface area (Å²) in [5.41, 5.74) is 0.926. The highest BCUT2D eigenvalue weighted by atomic mass is 35.5. The highest BCUT2D eigenvalue weighted by molar-refractivity contribution is 6.45. The maximum absolute atomic E-state index is 12.1. The summed E-state index contributed by atoms with van der Waals surface area (Å²) in [6, 6.07) is 7.02. The van der Waals surface area contributed by atoms with Gasteiger partial charge < -0.3 is 14.8 Å². The molecule has 2 aromatic rings. The van der Waals surface area contributed by atoms with Crippen molar-refractivity contribution in [2.45, 2.75) is 6.92 Å². The van der Waals surface area contributed by atoms with Crippen molar-refractivity contribution in [3.8, 4) is 5.75 Å². The van der Waals surface area contributed by atoms with Crippen molar-refractivity contribution in [3.05, 3.63) is 45.2 Å². The molecule has 122 valence electrons. The van der Waals surface area contributed by atoms with E-state index in [9.17, 15) is 4.79 Å². The second kappa shape index (κ2) is 7.73. The van der Waals surface area contributed by atoms with Gasteiger partial charge in [0.2, 0.25) is 0 Å². The quantitative estimate of drug-likeness (QED) is 0.590. The molecule has 5 nitrogen and oxygen atoms in total. The lowest BCUT2D eigenvalue weighted by atomic mass is 10.2. The number of halogens is 3. The van der Waals surface area contributed by atoms with Crippen LogP contribution in [0.2, 0.25) is 15.3 Å². The van der Waals surface area contributed by atoms with E-state index in [2.05, 4.69) is 10.3 Å². The Labute approximate surface area is 148 Å². The lowest BCUT2D eigenvalue weighted by Gasteiger charge is -2.15. The molecule has 0 aliphatic carbocycles. The first kappa shape index (κ1) is 17.7. The molecule has 8 heteroatoms. The summed E-state index contributed by atoms with van der Waals surface area (Å²) in [7, 11) is 1.57. The molecule has 0 radical (unpaired) electrons. The Balaban J connectivity index is 2.47. The normalized spacial score (nSPS) is 10.3. The monoisotopic (exact) mass is 374 g/mol. The molecule has 0 aliphatic heterocycles. The Morgan fingerprint density at radius 3 is 2.39 bits per heavy atom. The molecule has 23 heavy (non-hydrogen) atoms. The van der Waals surface area contributed by atoms with Crippen LogP contribution in [0.25, 0.3) is 0 Å². The molecule has 0 saturated heterocycles. The molecule has 0 amide bonds. The number of methoxy groups -OCH3 is 1. The first-order chi connectivity index (χ1) is 11.0. The molecule has 2 rings (SSSR count). The van der Waals surface area contributed by atoms with Gasteiger partial charge in [-0.2, -0.15) is 0 Å². The Morgan fingerprint density at radius 1 is 1.17 bits per heavy atom. The Bertz CT molecular complexity index is 721.